The maximum Gasteiger partial charge on any atom is 0.255 e. The summed E-state index contributed by atoms with van der Waals surface area (Å²) in [5.41, 5.74) is 5.48. The lowest BCUT2D eigenvalue weighted by Crippen LogP contribution is -2.52. The number of anilines is 3. The third-order valence-electron chi connectivity index (χ3n) is 14.9. The minimum atomic E-state index is -0.845. The van der Waals surface area contributed by atoms with Crippen LogP contribution in [0.3, 0.4) is 0 Å². The van der Waals surface area contributed by atoms with E-state index < -0.39 is 35.1 Å². The second-order valence-electron chi connectivity index (χ2n) is 20.3. The molecule has 6 aliphatic rings. The van der Waals surface area contributed by atoms with Crippen LogP contribution in [0.2, 0.25) is 10.0 Å². The zero-order valence-corrected chi connectivity index (χ0v) is 39.6. The molecule has 1 unspecified atom stereocenters. The molecule has 1 spiro atoms. The molecule has 11 nitrogen and oxygen atoms in total. The summed E-state index contributed by atoms with van der Waals surface area (Å²) in [4.78, 5) is 56.8. The quantitative estimate of drug-likeness (QED) is 0.102. The van der Waals surface area contributed by atoms with Crippen molar-refractivity contribution in [1.29, 1.82) is 0 Å². The van der Waals surface area contributed by atoms with Gasteiger partial charge in [0, 0.05) is 77.4 Å². The first-order valence-corrected chi connectivity index (χ1v) is 24.2. The number of ether oxygens (including phenoxy) is 1. The van der Waals surface area contributed by atoms with E-state index in [4.69, 9.17) is 27.9 Å². The Labute approximate surface area is 400 Å². The number of halogens is 3. The van der Waals surface area contributed by atoms with Crippen LogP contribution in [0.4, 0.5) is 21.5 Å². The number of benzene rings is 4. The normalized spacial score (nSPS) is 27.5. The standard InChI is InChI=1S/C53H55Cl2FN6O5/c1-52(2,3)26-44-53(28-57-41-24-30(54)15-18-38(41)53)46(35-12-8-13-39(55)47(35)56)48(59-44)50(65)58-40-19-17-32(25-43(40)67-4)61-22-6-5-9-31(61)16-14-29-23-36(29)33-10-7-11-34-37(33)27-62(51(34)66)42-20-21-45(63)60-49(42)64/h7-8,10-13,15,17-19,24-25,29,31,36,42,44,46,48,57,59H,5-6,9,20-23,26-28H2,1-4H3,(H,58,65)(H,60,63,64)/t29-,31-,36-,42?,44-,46-,48+,53-/m0/s1. The lowest BCUT2D eigenvalue weighted by atomic mass is 9.63. The Morgan fingerprint density at radius 1 is 0.970 bits per heavy atom. The fraction of sp³-hybridized carbons (Fsp3) is 0.434. The lowest BCUT2D eigenvalue weighted by molar-refractivity contribution is -0.137. The fourth-order valence-corrected chi connectivity index (χ4v) is 12.0. The molecule has 0 bridgehead atoms. The Morgan fingerprint density at radius 2 is 1.78 bits per heavy atom. The third-order valence-corrected chi connectivity index (χ3v) is 15.4. The molecule has 4 aromatic carbocycles. The zero-order valence-electron chi connectivity index (χ0n) is 38.1. The molecule has 0 aromatic heterocycles. The molecule has 1 saturated carbocycles. The first-order chi connectivity index (χ1) is 32.1. The number of amides is 4. The van der Waals surface area contributed by atoms with Crippen molar-refractivity contribution in [2.24, 2.45) is 11.3 Å². The van der Waals surface area contributed by atoms with Crippen molar-refractivity contribution < 1.29 is 28.3 Å². The molecule has 8 atom stereocenters. The highest BCUT2D eigenvalue weighted by Crippen LogP contribution is 2.57. The summed E-state index contributed by atoms with van der Waals surface area (Å²) in [7, 11) is 1.59. The Morgan fingerprint density at radius 3 is 2.57 bits per heavy atom. The van der Waals surface area contributed by atoms with Crippen LogP contribution in [0.15, 0.2) is 72.8 Å². The van der Waals surface area contributed by atoms with Crippen molar-refractivity contribution in [3.8, 4) is 17.6 Å². The average molecular weight is 946 g/mol. The maximum atomic E-state index is 16.4. The summed E-state index contributed by atoms with van der Waals surface area (Å²) in [6.45, 7) is 8.14. The maximum absolute atomic E-state index is 16.4. The van der Waals surface area contributed by atoms with Gasteiger partial charge in [0.05, 0.1) is 29.9 Å². The zero-order chi connectivity index (χ0) is 46.9. The van der Waals surface area contributed by atoms with Gasteiger partial charge in [-0.05, 0) is 109 Å². The topological polar surface area (TPSA) is 132 Å². The van der Waals surface area contributed by atoms with E-state index >= 15 is 4.39 Å². The van der Waals surface area contributed by atoms with Crippen molar-refractivity contribution >= 4 is 63.9 Å². The molecule has 10 rings (SSSR count). The van der Waals surface area contributed by atoms with Crippen LogP contribution in [0.1, 0.15) is 110 Å². The molecule has 4 fully saturated rings. The summed E-state index contributed by atoms with van der Waals surface area (Å²) < 4.78 is 22.4. The molecule has 3 saturated heterocycles. The molecule has 4 aromatic rings. The van der Waals surface area contributed by atoms with Crippen molar-refractivity contribution in [3.63, 3.8) is 0 Å². The van der Waals surface area contributed by atoms with E-state index in [1.54, 1.807) is 24.1 Å². The van der Waals surface area contributed by atoms with Gasteiger partial charge >= 0.3 is 0 Å². The second-order valence-corrected chi connectivity index (χ2v) is 21.1. The van der Waals surface area contributed by atoms with Gasteiger partial charge in [-0.2, -0.15) is 0 Å². The van der Waals surface area contributed by atoms with Gasteiger partial charge in [0.2, 0.25) is 17.7 Å². The van der Waals surface area contributed by atoms with E-state index in [9.17, 15) is 19.2 Å². The van der Waals surface area contributed by atoms with Crippen molar-refractivity contribution in [3.05, 3.63) is 116 Å². The first kappa shape index (κ1) is 45.2. The average Bonchev–Trinajstić information content (AvgIpc) is 3.72. The molecule has 5 aliphatic heterocycles. The minimum Gasteiger partial charge on any atom is -0.494 e. The number of carbonyl (C=O) groups excluding carboxylic acids is 4. The molecule has 5 heterocycles. The van der Waals surface area contributed by atoms with E-state index in [1.165, 1.54) is 6.07 Å². The predicted molar refractivity (Wildman–Crippen MR) is 258 cm³/mol. The molecule has 67 heavy (non-hydrogen) atoms. The van der Waals surface area contributed by atoms with Gasteiger partial charge < -0.3 is 30.5 Å². The number of hydrogen-bond donors (Lipinski definition) is 4. The van der Waals surface area contributed by atoms with Crippen molar-refractivity contribution in [2.75, 3.05) is 35.7 Å². The van der Waals surface area contributed by atoms with Gasteiger partial charge in [-0.1, -0.05) is 86.1 Å². The second kappa shape index (κ2) is 17.5. The van der Waals surface area contributed by atoms with Crippen LogP contribution in [-0.2, 0) is 26.3 Å². The molecular weight excluding hydrogens is 891 g/mol. The fourth-order valence-electron chi connectivity index (χ4n) is 11.7. The Balaban J connectivity index is 0.888. The highest BCUT2D eigenvalue weighted by Gasteiger charge is 2.61. The van der Waals surface area contributed by atoms with E-state index in [2.05, 4.69) is 64.8 Å². The van der Waals surface area contributed by atoms with E-state index in [-0.39, 0.29) is 58.5 Å². The largest absolute Gasteiger partial charge is 0.494 e. The van der Waals surface area contributed by atoms with Gasteiger partial charge in [0.1, 0.15) is 17.6 Å². The van der Waals surface area contributed by atoms with Crippen LogP contribution in [-0.4, -0.2) is 72.9 Å². The number of methoxy groups -OCH3 is 1. The third kappa shape index (κ3) is 8.21. The monoisotopic (exact) mass is 944 g/mol. The summed E-state index contributed by atoms with van der Waals surface area (Å²) in [6.07, 6.45) is 5.10. The predicted octanol–water partition coefficient (Wildman–Crippen LogP) is 8.93. The molecule has 14 heteroatoms. The summed E-state index contributed by atoms with van der Waals surface area (Å²) in [5, 5.41) is 13.5. The number of nitrogens with zero attached hydrogens (tertiary/aromatic N) is 2. The van der Waals surface area contributed by atoms with Gasteiger partial charge in [-0.15, -0.1) is 0 Å². The van der Waals surface area contributed by atoms with E-state index in [1.807, 2.05) is 48.5 Å². The van der Waals surface area contributed by atoms with Gasteiger partial charge in [-0.3, -0.25) is 24.5 Å². The first-order valence-electron chi connectivity index (χ1n) is 23.4. The molecule has 4 amide bonds. The SMILES string of the molecule is COc1cc(N2CCCC[C@H]2C#C[C@H]2C[C@@H]2c2cccc3c2CN(C2CCC(=O)NC2=O)C3=O)ccc1NC(=O)[C@@H]1N[C@@H](CC(C)(C)C)[C@@]2(CNc3cc(Cl)ccc32)[C@H]1c1cccc(Cl)c1F. The highest BCUT2D eigenvalue weighted by atomic mass is 35.5. The van der Waals surface area contributed by atoms with Crippen LogP contribution < -0.4 is 30.9 Å². The number of nitrogens with one attached hydrogen (secondary N) is 4. The van der Waals surface area contributed by atoms with Gasteiger partial charge in [0.15, 0.2) is 0 Å². The molecule has 348 valence electrons. The van der Waals surface area contributed by atoms with Crippen LogP contribution >= 0.6 is 23.2 Å². The smallest absolute Gasteiger partial charge is 0.255 e. The van der Waals surface area contributed by atoms with E-state index in [0.717, 1.165) is 60.3 Å². The Hall–Kier alpha value is -5.61. The number of imide groups is 1. The Bertz CT molecular complexity index is 2770. The lowest BCUT2D eigenvalue weighted by Gasteiger charge is -2.39. The number of fused-ring (bicyclic) bond motifs is 3. The van der Waals surface area contributed by atoms with Crippen molar-refractivity contribution in [2.45, 2.75) is 114 Å². The number of carbonyl (C=O) groups is 4. The molecule has 1 aliphatic carbocycles. The Kier molecular flexibility index (Phi) is 11.8. The highest BCUT2D eigenvalue weighted by molar-refractivity contribution is 6.31. The van der Waals surface area contributed by atoms with Crippen LogP contribution in [0, 0.1) is 29.0 Å². The molecule has 0 radical (unpaired) electrons. The van der Waals surface area contributed by atoms with E-state index in [0.29, 0.717) is 53.5 Å². The summed E-state index contributed by atoms with van der Waals surface area (Å²) in [5.74, 6) is 5.68. The minimum absolute atomic E-state index is 0.000386. The summed E-state index contributed by atoms with van der Waals surface area (Å²) >= 11 is 13.0. The molecular formula is C53H55Cl2FN6O5. The molecule has 4 N–H and O–H groups in total. The number of hydrogen-bond acceptors (Lipinski definition) is 8. The number of rotatable bonds is 8. The number of piperidine rings is 2. The van der Waals surface area contributed by atoms with Crippen molar-refractivity contribution in [1.82, 2.24) is 15.5 Å². The van der Waals surface area contributed by atoms with Gasteiger partial charge in [0.25, 0.3) is 5.91 Å². The van der Waals surface area contributed by atoms with Crippen LogP contribution in [0.25, 0.3) is 0 Å². The van der Waals surface area contributed by atoms with Gasteiger partial charge in [-0.25, -0.2) is 4.39 Å². The summed E-state index contributed by atoms with van der Waals surface area (Å²) in [6, 6.07) is 20.7. The van der Waals surface area contributed by atoms with Crippen LogP contribution in [0.5, 0.6) is 5.75 Å².